The van der Waals surface area contributed by atoms with Crippen LogP contribution >= 0.6 is 0 Å². The highest BCUT2D eigenvalue weighted by Crippen LogP contribution is 2.36. The summed E-state index contributed by atoms with van der Waals surface area (Å²) in [5.41, 5.74) is 0. The van der Waals surface area contributed by atoms with Gasteiger partial charge in [0.25, 0.3) is 0 Å². The number of phenols is 2. The maximum absolute atomic E-state index is 10.1. The molecule has 2 N–H and O–H groups in total. The molecule has 29 heavy (non-hydrogen) atoms. The largest absolute Gasteiger partial charge is 0.504 e. The van der Waals surface area contributed by atoms with Crippen molar-refractivity contribution >= 4 is 0 Å². The molecule has 0 aromatic heterocycles. The minimum absolute atomic E-state index is 0.108. The maximum Gasteiger partial charge on any atom is 0.200 e. The van der Waals surface area contributed by atoms with E-state index in [-0.39, 0.29) is 17.6 Å². The van der Waals surface area contributed by atoms with E-state index in [4.69, 9.17) is 4.74 Å². The Morgan fingerprint density at radius 1 is 0.655 bits per heavy atom. The van der Waals surface area contributed by atoms with Crippen LogP contribution in [0.2, 0.25) is 0 Å². The zero-order valence-corrected chi connectivity index (χ0v) is 19.1. The molecule has 0 spiro atoms. The summed E-state index contributed by atoms with van der Waals surface area (Å²) >= 11 is 0. The topological polar surface area (TPSA) is 49.7 Å². The van der Waals surface area contributed by atoms with Crippen LogP contribution in [0.25, 0.3) is 0 Å². The van der Waals surface area contributed by atoms with Gasteiger partial charge in [-0.2, -0.15) is 0 Å². The fraction of sp³-hybridized carbons (Fsp3) is 0.769. The van der Waals surface area contributed by atoms with E-state index in [0.29, 0.717) is 5.75 Å². The molecule has 168 valence electrons. The van der Waals surface area contributed by atoms with Crippen LogP contribution in [0.3, 0.4) is 0 Å². The summed E-state index contributed by atoms with van der Waals surface area (Å²) in [5.74, 6) is 0.172. The molecule has 3 heteroatoms. The second-order valence-corrected chi connectivity index (χ2v) is 8.54. The molecule has 0 aliphatic rings. The van der Waals surface area contributed by atoms with E-state index in [0.717, 1.165) is 12.8 Å². The van der Waals surface area contributed by atoms with Gasteiger partial charge in [-0.05, 0) is 37.8 Å². The number of para-hydroxylation sites is 1. The van der Waals surface area contributed by atoms with Crippen LogP contribution in [0.4, 0.5) is 0 Å². The van der Waals surface area contributed by atoms with E-state index in [1.807, 2.05) is 0 Å². The summed E-state index contributed by atoms with van der Waals surface area (Å²) in [6.45, 7) is 4.51. The third-order valence-corrected chi connectivity index (χ3v) is 5.78. The first-order valence-corrected chi connectivity index (χ1v) is 12.4. The monoisotopic (exact) mass is 406 g/mol. The van der Waals surface area contributed by atoms with Gasteiger partial charge in [0.05, 0.1) is 6.10 Å². The molecule has 0 aliphatic heterocycles. The predicted octanol–water partition coefficient (Wildman–Crippen LogP) is 8.52. The normalized spacial score (nSPS) is 12.2. The number of phenolic OH excluding ortho intramolecular Hbond substituents is 2. The Balaban J connectivity index is 2.29. The standard InChI is InChI=1S/C26H46O3/c1-3-5-7-9-10-11-12-13-15-17-20-23(19-16-14-8-6-4-2)29-25-22-18-21-24(27)26(25)28/h18,21-23,27-28H,3-17,19-20H2,1-2H3. The molecule has 0 saturated carbocycles. The van der Waals surface area contributed by atoms with Crippen molar-refractivity contribution in [3.8, 4) is 17.2 Å². The first-order valence-electron chi connectivity index (χ1n) is 12.4. The maximum atomic E-state index is 10.1. The predicted molar refractivity (Wildman–Crippen MR) is 124 cm³/mol. The zero-order valence-electron chi connectivity index (χ0n) is 19.1. The lowest BCUT2D eigenvalue weighted by atomic mass is 10.0. The van der Waals surface area contributed by atoms with Crippen LogP contribution in [0.5, 0.6) is 17.2 Å². The van der Waals surface area contributed by atoms with Gasteiger partial charge >= 0.3 is 0 Å². The van der Waals surface area contributed by atoms with E-state index < -0.39 is 0 Å². The fourth-order valence-corrected chi connectivity index (χ4v) is 3.88. The van der Waals surface area contributed by atoms with Crippen LogP contribution < -0.4 is 4.74 Å². The average Bonchev–Trinajstić information content (AvgIpc) is 2.72. The minimum atomic E-state index is -0.133. The summed E-state index contributed by atoms with van der Waals surface area (Å²) in [6, 6.07) is 4.96. The zero-order chi connectivity index (χ0) is 21.2. The Hall–Kier alpha value is -1.38. The Morgan fingerprint density at radius 3 is 1.59 bits per heavy atom. The molecule has 1 unspecified atom stereocenters. The Morgan fingerprint density at radius 2 is 1.10 bits per heavy atom. The van der Waals surface area contributed by atoms with Gasteiger partial charge in [0.15, 0.2) is 11.5 Å². The molecule has 1 atom stereocenters. The van der Waals surface area contributed by atoms with Gasteiger partial charge in [-0.3, -0.25) is 0 Å². The van der Waals surface area contributed by atoms with E-state index >= 15 is 0 Å². The second kappa shape index (κ2) is 17.5. The number of hydrogen-bond donors (Lipinski definition) is 2. The highest BCUT2D eigenvalue weighted by atomic mass is 16.5. The third-order valence-electron chi connectivity index (χ3n) is 5.78. The average molecular weight is 407 g/mol. The quantitative estimate of drug-likeness (QED) is 0.179. The van der Waals surface area contributed by atoms with Crippen LogP contribution in [0.1, 0.15) is 123 Å². The molecular weight excluding hydrogens is 360 g/mol. The van der Waals surface area contributed by atoms with Crippen molar-refractivity contribution in [2.45, 2.75) is 129 Å². The molecule has 0 heterocycles. The third kappa shape index (κ3) is 12.7. The number of unbranched alkanes of at least 4 members (excludes halogenated alkanes) is 13. The summed E-state index contributed by atoms with van der Waals surface area (Å²) in [7, 11) is 0. The van der Waals surface area contributed by atoms with Gasteiger partial charge in [0.2, 0.25) is 5.75 Å². The summed E-state index contributed by atoms with van der Waals surface area (Å²) in [4.78, 5) is 0. The molecule has 1 aromatic rings. The second-order valence-electron chi connectivity index (χ2n) is 8.54. The van der Waals surface area contributed by atoms with Crippen LogP contribution in [-0.4, -0.2) is 16.3 Å². The van der Waals surface area contributed by atoms with Gasteiger partial charge in [-0.1, -0.05) is 103 Å². The lowest BCUT2D eigenvalue weighted by molar-refractivity contribution is 0.165. The van der Waals surface area contributed by atoms with Crippen molar-refractivity contribution in [3.63, 3.8) is 0 Å². The number of ether oxygens (including phenoxy) is 1. The van der Waals surface area contributed by atoms with Crippen molar-refractivity contribution in [3.05, 3.63) is 18.2 Å². The van der Waals surface area contributed by atoms with Gasteiger partial charge in [-0.25, -0.2) is 0 Å². The van der Waals surface area contributed by atoms with Crippen molar-refractivity contribution in [1.82, 2.24) is 0 Å². The molecule has 1 rings (SSSR count). The lowest BCUT2D eigenvalue weighted by Crippen LogP contribution is -2.16. The van der Waals surface area contributed by atoms with E-state index in [9.17, 15) is 10.2 Å². The highest BCUT2D eigenvalue weighted by Gasteiger charge is 2.14. The number of benzene rings is 1. The van der Waals surface area contributed by atoms with E-state index in [1.54, 1.807) is 12.1 Å². The molecule has 0 saturated heterocycles. The van der Waals surface area contributed by atoms with Crippen molar-refractivity contribution in [1.29, 1.82) is 0 Å². The molecular formula is C26H46O3. The molecule has 0 aliphatic carbocycles. The van der Waals surface area contributed by atoms with Crippen molar-refractivity contribution < 1.29 is 14.9 Å². The van der Waals surface area contributed by atoms with Gasteiger partial charge < -0.3 is 14.9 Å². The fourth-order valence-electron chi connectivity index (χ4n) is 3.88. The Bertz CT molecular complexity index is 501. The van der Waals surface area contributed by atoms with E-state index in [2.05, 4.69) is 13.8 Å². The minimum Gasteiger partial charge on any atom is -0.504 e. The smallest absolute Gasteiger partial charge is 0.200 e. The SMILES string of the molecule is CCCCCCCCCCCCC(CCCCCCC)Oc1cccc(O)c1O. The van der Waals surface area contributed by atoms with Gasteiger partial charge in [0.1, 0.15) is 0 Å². The van der Waals surface area contributed by atoms with Crippen molar-refractivity contribution in [2.24, 2.45) is 0 Å². The van der Waals surface area contributed by atoms with Crippen molar-refractivity contribution in [2.75, 3.05) is 0 Å². The van der Waals surface area contributed by atoms with Gasteiger partial charge in [-0.15, -0.1) is 0 Å². The Kier molecular flexibility index (Phi) is 15.5. The van der Waals surface area contributed by atoms with E-state index in [1.165, 1.54) is 102 Å². The number of aromatic hydroxyl groups is 2. The summed E-state index contributed by atoms with van der Waals surface area (Å²) in [6.07, 6.45) is 21.8. The molecule has 0 radical (unpaired) electrons. The van der Waals surface area contributed by atoms with Crippen LogP contribution in [-0.2, 0) is 0 Å². The molecule has 0 amide bonds. The van der Waals surface area contributed by atoms with Crippen LogP contribution in [0.15, 0.2) is 18.2 Å². The number of hydrogen-bond acceptors (Lipinski definition) is 3. The van der Waals surface area contributed by atoms with Crippen LogP contribution in [0, 0.1) is 0 Å². The first kappa shape index (κ1) is 25.7. The molecule has 0 bridgehead atoms. The number of rotatable bonds is 19. The van der Waals surface area contributed by atoms with Gasteiger partial charge in [0, 0.05) is 0 Å². The Labute approximate surface area is 179 Å². The summed E-state index contributed by atoms with van der Waals surface area (Å²) < 4.78 is 6.11. The highest BCUT2D eigenvalue weighted by molar-refractivity contribution is 5.48. The lowest BCUT2D eigenvalue weighted by Gasteiger charge is -2.20. The molecule has 3 nitrogen and oxygen atoms in total. The molecule has 0 fully saturated rings. The molecule has 1 aromatic carbocycles. The first-order chi connectivity index (χ1) is 14.2. The summed E-state index contributed by atoms with van der Waals surface area (Å²) in [5, 5.41) is 19.8.